The minimum Gasteiger partial charge on any atom is -0.497 e. The Morgan fingerprint density at radius 3 is 2.09 bits per heavy atom. The summed E-state index contributed by atoms with van der Waals surface area (Å²) in [6.07, 6.45) is 0.639. The Bertz CT molecular complexity index is 1210. The summed E-state index contributed by atoms with van der Waals surface area (Å²) in [7, 11) is -2.42. The van der Waals surface area contributed by atoms with Gasteiger partial charge in [-0.3, -0.25) is 9.10 Å². The fraction of sp³-hybridized carbons (Fsp3) is 0.269. The van der Waals surface area contributed by atoms with E-state index in [0.29, 0.717) is 24.5 Å². The van der Waals surface area contributed by atoms with Crippen LogP contribution in [0, 0.1) is 0 Å². The maximum Gasteiger partial charge on any atom is 0.264 e. The highest BCUT2D eigenvalue weighted by Gasteiger charge is 2.28. The van der Waals surface area contributed by atoms with Crippen LogP contribution in [0.2, 0.25) is 0 Å². The smallest absolute Gasteiger partial charge is 0.264 e. The van der Waals surface area contributed by atoms with Crippen LogP contribution in [0.5, 0.6) is 11.5 Å². The molecule has 1 amide bonds. The number of amides is 1. The number of halogens is 1. The highest BCUT2D eigenvalue weighted by molar-refractivity contribution is 9.10. The molecule has 3 aromatic rings. The lowest BCUT2D eigenvalue weighted by molar-refractivity contribution is -0.120. The molecule has 0 aliphatic rings. The summed E-state index contributed by atoms with van der Waals surface area (Å²) in [6, 6.07) is 20.1. The summed E-state index contributed by atoms with van der Waals surface area (Å²) in [4.78, 5) is 13.2. The molecule has 186 valence electrons. The molecule has 0 saturated heterocycles. The van der Waals surface area contributed by atoms with E-state index in [9.17, 15) is 13.2 Å². The van der Waals surface area contributed by atoms with Gasteiger partial charge in [-0.05, 0) is 79.6 Å². The predicted molar refractivity (Wildman–Crippen MR) is 140 cm³/mol. The molecule has 0 radical (unpaired) electrons. The summed E-state index contributed by atoms with van der Waals surface area (Å²) < 4.78 is 39.7. The van der Waals surface area contributed by atoms with Gasteiger partial charge < -0.3 is 14.8 Å². The van der Waals surface area contributed by atoms with Crippen molar-refractivity contribution in [1.29, 1.82) is 0 Å². The number of nitrogens with one attached hydrogen (secondary N) is 1. The Morgan fingerprint density at radius 2 is 1.54 bits per heavy atom. The Labute approximate surface area is 215 Å². The molecule has 9 heteroatoms. The number of carbonyl (C=O) groups excluding carboxylic acids is 1. The second kappa shape index (κ2) is 12.1. The van der Waals surface area contributed by atoms with Crippen LogP contribution < -0.4 is 19.1 Å². The van der Waals surface area contributed by atoms with Gasteiger partial charge in [0.1, 0.15) is 18.0 Å². The Hall–Kier alpha value is -3.04. The van der Waals surface area contributed by atoms with E-state index in [2.05, 4.69) is 21.2 Å². The van der Waals surface area contributed by atoms with Gasteiger partial charge >= 0.3 is 0 Å². The van der Waals surface area contributed by atoms with E-state index in [-0.39, 0.29) is 17.5 Å². The first-order valence-corrected chi connectivity index (χ1v) is 13.5. The normalized spacial score (nSPS) is 12.0. The maximum absolute atomic E-state index is 13.6. The second-order valence-corrected chi connectivity index (χ2v) is 10.5. The van der Waals surface area contributed by atoms with Crippen molar-refractivity contribution in [2.24, 2.45) is 0 Å². The van der Waals surface area contributed by atoms with Gasteiger partial charge in [0.15, 0.2) is 0 Å². The molecule has 0 heterocycles. The minimum absolute atomic E-state index is 0.0876. The van der Waals surface area contributed by atoms with Crippen molar-refractivity contribution in [2.45, 2.75) is 31.2 Å². The zero-order valence-corrected chi connectivity index (χ0v) is 22.3. The van der Waals surface area contributed by atoms with Crippen LogP contribution in [0.3, 0.4) is 0 Å². The molecule has 7 nitrogen and oxygen atoms in total. The molecule has 3 aromatic carbocycles. The summed E-state index contributed by atoms with van der Waals surface area (Å²) in [5, 5.41) is 2.97. The monoisotopic (exact) mass is 560 g/mol. The van der Waals surface area contributed by atoms with Crippen molar-refractivity contribution >= 4 is 37.5 Å². The van der Waals surface area contributed by atoms with E-state index in [1.807, 2.05) is 38.1 Å². The Kier molecular flexibility index (Phi) is 9.17. The number of hydrogen-bond donors (Lipinski definition) is 1. The zero-order valence-electron chi connectivity index (χ0n) is 19.9. The van der Waals surface area contributed by atoms with Crippen molar-refractivity contribution in [3.05, 3.63) is 82.8 Å². The van der Waals surface area contributed by atoms with Crippen LogP contribution in [0.1, 0.15) is 31.9 Å². The van der Waals surface area contributed by atoms with Gasteiger partial charge in [-0.2, -0.15) is 0 Å². The molecular formula is C26H29BrN2O5S. The lowest BCUT2D eigenvalue weighted by Crippen LogP contribution is -2.42. The third-order valence-electron chi connectivity index (χ3n) is 5.39. The first-order chi connectivity index (χ1) is 16.8. The van der Waals surface area contributed by atoms with Crippen molar-refractivity contribution in [2.75, 3.05) is 24.6 Å². The maximum atomic E-state index is 13.6. The molecule has 0 unspecified atom stereocenters. The number of sulfonamides is 1. The molecule has 0 bridgehead atoms. The highest BCUT2D eigenvalue weighted by Crippen LogP contribution is 2.27. The van der Waals surface area contributed by atoms with Crippen LogP contribution in [0.25, 0.3) is 0 Å². The number of carbonyl (C=O) groups is 1. The highest BCUT2D eigenvalue weighted by atomic mass is 79.9. The van der Waals surface area contributed by atoms with Crippen molar-refractivity contribution in [3.63, 3.8) is 0 Å². The predicted octanol–water partition coefficient (Wildman–Crippen LogP) is 5.32. The van der Waals surface area contributed by atoms with Crippen LogP contribution >= 0.6 is 15.9 Å². The number of rotatable bonds is 11. The van der Waals surface area contributed by atoms with E-state index in [1.165, 1.54) is 12.1 Å². The molecule has 0 spiro atoms. The third kappa shape index (κ3) is 6.76. The number of ether oxygens (including phenoxy) is 2. The minimum atomic E-state index is -4.01. The first kappa shape index (κ1) is 26.6. The van der Waals surface area contributed by atoms with Gasteiger partial charge in [-0.25, -0.2) is 8.42 Å². The van der Waals surface area contributed by atoms with Gasteiger partial charge in [0.2, 0.25) is 5.91 Å². The fourth-order valence-electron chi connectivity index (χ4n) is 3.55. The van der Waals surface area contributed by atoms with Gasteiger partial charge in [0.05, 0.1) is 30.3 Å². The SMILES string of the molecule is CCOc1ccc(N(CC(=O)N[C@H](CC)c2ccc(OC)cc2)S(=O)(=O)c2ccc(Br)cc2)cc1. The molecule has 0 fully saturated rings. The van der Waals surface area contributed by atoms with Crippen molar-refractivity contribution in [1.82, 2.24) is 5.32 Å². The summed E-state index contributed by atoms with van der Waals surface area (Å²) >= 11 is 3.33. The molecule has 1 atom stereocenters. The van der Waals surface area contributed by atoms with Crippen molar-refractivity contribution in [3.8, 4) is 11.5 Å². The lowest BCUT2D eigenvalue weighted by Gasteiger charge is -2.26. The summed E-state index contributed by atoms with van der Waals surface area (Å²) in [5.74, 6) is 0.923. The van der Waals surface area contributed by atoms with E-state index in [1.54, 1.807) is 43.5 Å². The largest absolute Gasteiger partial charge is 0.497 e. The van der Waals surface area contributed by atoms with Crippen LogP contribution in [0.4, 0.5) is 5.69 Å². The number of methoxy groups -OCH3 is 1. The number of nitrogens with zero attached hydrogens (tertiary/aromatic N) is 1. The van der Waals surface area contributed by atoms with E-state index in [0.717, 1.165) is 20.1 Å². The van der Waals surface area contributed by atoms with Crippen LogP contribution in [-0.2, 0) is 14.8 Å². The van der Waals surface area contributed by atoms with Gasteiger partial charge in [-0.15, -0.1) is 0 Å². The van der Waals surface area contributed by atoms with E-state index < -0.39 is 15.9 Å². The summed E-state index contributed by atoms with van der Waals surface area (Å²) in [5.41, 5.74) is 1.27. The molecule has 0 saturated carbocycles. The Balaban J connectivity index is 1.89. The molecule has 0 aromatic heterocycles. The molecule has 1 N–H and O–H groups in total. The third-order valence-corrected chi connectivity index (χ3v) is 7.70. The molecule has 35 heavy (non-hydrogen) atoms. The quantitative estimate of drug-likeness (QED) is 0.343. The van der Waals surface area contributed by atoms with Crippen molar-refractivity contribution < 1.29 is 22.7 Å². The van der Waals surface area contributed by atoms with E-state index in [4.69, 9.17) is 9.47 Å². The lowest BCUT2D eigenvalue weighted by atomic mass is 10.0. The topological polar surface area (TPSA) is 84.9 Å². The van der Waals surface area contributed by atoms with Gasteiger partial charge in [0.25, 0.3) is 10.0 Å². The van der Waals surface area contributed by atoms with Crippen LogP contribution in [0.15, 0.2) is 82.2 Å². The summed E-state index contributed by atoms with van der Waals surface area (Å²) in [6.45, 7) is 3.94. The van der Waals surface area contributed by atoms with Gasteiger partial charge in [-0.1, -0.05) is 35.0 Å². The molecule has 0 aliphatic heterocycles. The van der Waals surface area contributed by atoms with Gasteiger partial charge in [0, 0.05) is 4.47 Å². The average molecular weight is 561 g/mol. The number of benzene rings is 3. The number of hydrogen-bond acceptors (Lipinski definition) is 5. The molecule has 0 aliphatic carbocycles. The molecular weight excluding hydrogens is 532 g/mol. The second-order valence-electron chi connectivity index (χ2n) is 7.69. The van der Waals surface area contributed by atoms with E-state index >= 15 is 0 Å². The Morgan fingerprint density at radius 1 is 0.943 bits per heavy atom. The zero-order chi connectivity index (χ0) is 25.4. The fourth-order valence-corrected chi connectivity index (χ4v) is 5.24. The number of anilines is 1. The first-order valence-electron chi connectivity index (χ1n) is 11.2. The van der Waals surface area contributed by atoms with Crippen LogP contribution in [-0.4, -0.2) is 34.6 Å². The standard InChI is InChI=1S/C26H29BrN2O5S/c1-4-25(19-6-12-22(33-3)13-7-19)28-26(30)18-29(21-10-14-23(15-11-21)34-5-2)35(31,32)24-16-8-20(27)9-17-24/h6-17,25H,4-5,18H2,1-3H3,(H,28,30)/t25-/m1/s1. The average Bonchev–Trinajstić information content (AvgIpc) is 2.87. The molecule has 3 rings (SSSR count).